The van der Waals surface area contributed by atoms with Crippen molar-refractivity contribution in [2.75, 3.05) is 20.8 Å². The lowest BCUT2D eigenvalue weighted by molar-refractivity contribution is -0.172. The fraction of sp³-hybridized carbons (Fsp3) is 0.447. The highest BCUT2D eigenvalue weighted by molar-refractivity contribution is 5.88. The molecular formula is C38H51N3O6. The third-order valence-electron chi connectivity index (χ3n) is 7.85. The minimum atomic E-state index is -1.08. The molecule has 0 saturated carbocycles. The molecule has 0 aliphatic rings. The van der Waals surface area contributed by atoms with Gasteiger partial charge in [-0.3, -0.25) is 9.59 Å². The predicted octanol–water partition coefficient (Wildman–Crippen LogP) is 5.41. The van der Waals surface area contributed by atoms with Crippen molar-refractivity contribution in [3.63, 3.8) is 0 Å². The summed E-state index contributed by atoms with van der Waals surface area (Å²) in [4.78, 5) is 42.7. The molecule has 0 unspecified atom stereocenters. The van der Waals surface area contributed by atoms with Crippen LogP contribution in [0.25, 0.3) is 0 Å². The number of benzene rings is 3. The molecule has 9 heteroatoms. The summed E-state index contributed by atoms with van der Waals surface area (Å²) in [5, 5.41) is 3.31. The molecule has 0 aromatic heterocycles. The third kappa shape index (κ3) is 10.2. The van der Waals surface area contributed by atoms with Crippen molar-refractivity contribution in [2.24, 2.45) is 11.7 Å². The van der Waals surface area contributed by atoms with Gasteiger partial charge in [0, 0.05) is 20.6 Å². The van der Waals surface area contributed by atoms with Crippen molar-refractivity contribution >= 4 is 17.8 Å². The smallest absolute Gasteiger partial charge is 0.329 e. The summed E-state index contributed by atoms with van der Waals surface area (Å²) in [6.45, 7) is 9.23. The molecular weight excluding hydrogens is 594 g/mol. The quantitative estimate of drug-likeness (QED) is 0.122. The maximum Gasteiger partial charge on any atom is 0.329 e. The number of nitrogens with zero attached hydrogens (tertiary/aromatic N) is 1. The average Bonchev–Trinajstić information content (AvgIpc) is 3.06. The van der Waals surface area contributed by atoms with Gasteiger partial charge in [0.05, 0.1) is 12.6 Å². The van der Waals surface area contributed by atoms with Gasteiger partial charge in [0.2, 0.25) is 11.8 Å². The van der Waals surface area contributed by atoms with Crippen LogP contribution < -0.4 is 11.1 Å². The van der Waals surface area contributed by atoms with Gasteiger partial charge in [0.15, 0.2) is 6.29 Å². The zero-order valence-electron chi connectivity index (χ0n) is 28.8. The number of methoxy groups -OCH3 is 2. The number of hydrogen-bond acceptors (Lipinski definition) is 7. The first-order valence-corrected chi connectivity index (χ1v) is 16.1. The maximum absolute atomic E-state index is 14.0. The van der Waals surface area contributed by atoms with E-state index in [0.717, 1.165) is 16.7 Å². The van der Waals surface area contributed by atoms with Crippen LogP contribution in [0.2, 0.25) is 0 Å². The van der Waals surface area contributed by atoms with Crippen molar-refractivity contribution in [1.82, 2.24) is 10.2 Å². The highest BCUT2D eigenvalue weighted by Crippen LogP contribution is 2.37. The van der Waals surface area contributed by atoms with Crippen molar-refractivity contribution in [2.45, 2.75) is 83.4 Å². The number of esters is 1. The molecule has 3 aromatic rings. The second-order valence-electron chi connectivity index (χ2n) is 13.1. The summed E-state index contributed by atoms with van der Waals surface area (Å²) in [6.07, 6.45) is -0.436. The Morgan fingerprint density at radius 1 is 0.787 bits per heavy atom. The Morgan fingerprint density at radius 3 is 1.62 bits per heavy atom. The largest absolute Gasteiger partial charge is 0.458 e. The van der Waals surface area contributed by atoms with Gasteiger partial charge in [0.1, 0.15) is 17.2 Å². The minimum Gasteiger partial charge on any atom is -0.458 e. The average molecular weight is 646 g/mol. The number of rotatable bonds is 16. The van der Waals surface area contributed by atoms with Crippen LogP contribution >= 0.6 is 0 Å². The van der Waals surface area contributed by atoms with E-state index in [1.165, 1.54) is 19.1 Å². The van der Waals surface area contributed by atoms with Gasteiger partial charge in [-0.1, -0.05) is 105 Å². The van der Waals surface area contributed by atoms with E-state index in [1.807, 2.05) is 105 Å². The molecule has 3 N–H and O–H groups in total. The van der Waals surface area contributed by atoms with Gasteiger partial charge in [-0.25, -0.2) is 4.79 Å². The van der Waals surface area contributed by atoms with E-state index in [4.69, 9.17) is 19.9 Å². The monoisotopic (exact) mass is 645 g/mol. The molecule has 0 heterocycles. The second kappa shape index (κ2) is 17.2. The molecule has 9 nitrogen and oxygen atoms in total. The second-order valence-corrected chi connectivity index (χ2v) is 13.1. The Kier molecular flexibility index (Phi) is 13.7. The van der Waals surface area contributed by atoms with Crippen molar-refractivity contribution < 1.29 is 28.6 Å². The lowest BCUT2D eigenvalue weighted by Crippen LogP contribution is -2.56. The molecule has 0 fully saturated rings. The molecule has 0 bridgehead atoms. The van der Waals surface area contributed by atoms with E-state index in [2.05, 4.69) is 5.32 Å². The van der Waals surface area contributed by atoms with E-state index >= 15 is 0 Å². The number of nitrogens with one attached hydrogen (secondary N) is 1. The van der Waals surface area contributed by atoms with Gasteiger partial charge in [-0.15, -0.1) is 0 Å². The highest BCUT2D eigenvalue weighted by atomic mass is 16.7. The fourth-order valence-corrected chi connectivity index (χ4v) is 5.62. The molecule has 0 aliphatic carbocycles. The summed E-state index contributed by atoms with van der Waals surface area (Å²) >= 11 is 0. The Morgan fingerprint density at radius 2 is 1.23 bits per heavy atom. The van der Waals surface area contributed by atoms with Crippen LogP contribution in [-0.4, -0.2) is 67.4 Å². The van der Waals surface area contributed by atoms with Crippen LogP contribution in [-0.2, 0) is 34.1 Å². The van der Waals surface area contributed by atoms with Crippen molar-refractivity contribution in [3.8, 4) is 0 Å². The number of carbonyl (C=O) groups excluding carboxylic acids is 3. The van der Waals surface area contributed by atoms with Crippen LogP contribution in [0.5, 0.6) is 0 Å². The zero-order valence-corrected chi connectivity index (χ0v) is 28.8. The van der Waals surface area contributed by atoms with Crippen LogP contribution in [0.3, 0.4) is 0 Å². The zero-order chi connectivity index (χ0) is 34.6. The van der Waals surface area contributed by atoms with Gasteiger partial charge in [0.25, 0.3) is 0 Å². The van der Waals surface area contributed by atoms with Crippen LogP contribution in [0, 0.1) is 5.92 Å². The number of amides is 2. The molecule has 0 saturated heterocycles. The maximum atomic E-state index is 14.0. The lowest BCUT2D eigenvalue weighted by atomic mass is 9.77. The van der Waals surface area contributed by atoms with E-state index < -0.39 is 41.4 Å². The van der Waals surface area contributed by atoms with Gasteiger partial charge in [-0.05, 0) is 56.2 Å². The normalized spacial score (nSPS) is 13.2. The van der Waals surface area contributed by atoms with E-state index in [1.54, 1.807) is 20.8 Å². The molecule has 0 radical (unpaired) electrons. The molecule has 0 aliphatic heterocycles. The molecule has 254 valence electrons. The SMILES string of the molecule is COC(CN(C(=O)[C@@H](N)CCC(=O)NC(c1ccccc1)(c1ccccc1)c1ccccc1)[C@@H](CC(C)C)C(=O)OC(C)(C)C)OC. The first-order valence-electron chi connectivity index (χ1n) is 16.1. The van der Waals surface area contributed by atoms with Crippen LogP contribution in [0.1, 0.15) is 70.6 Å². The predicted molar refractivity (Wildman–Crippen MR) is 183 cm³/mol. The molecule has 2 amide bonds. The van der Waals surface area contributed by atoms with Gasteiger partial charge >= 0.3 is 5.97 Å². The fourth-order valence-electron chi connectivity index (χ4n) is 5.62. The summed E-state index contributed by atoms with van der Waals surface area (Å²) < 4.78 is 16.5. The van der Waals surface area contributed by atoms with Crippen molar-refractivity contribution in [3.05, 3.63) is 108 Å². The number of hydrogen-bond donors (Lipinski definition) is 2. The first-order chi connectivity index (χ1) is 22.3. The standard InChI is InChI=1S/C38H51N3O6/c1-27(2)25-32(36(44)47-37(3,4)5)41(26-34(45-6)46-7)35(43)31(39)23-24-33(42)40-38(28-17-11-8-12-18-28,29-19-13-9-14-20-29)30-21-15-10-16-22-30/h8-22,27,31-32,34H,23-26,39H2,1-7H3,(H,40,42)/t31-,32-/m0/s1. The Labute approximate surface area is 279 Å². The number of ether oxygens (including phenoxy) is 3. The third-order valence-corrected chi connectivity index (χ3v) is 7.85. The topological polar surface area (TPSA) is 120 Å². The first kappa shape index (κ1) is 37.4. The Hall–Kier alpha value is -4.05. The summed E-state index contributed by atoms with van der Waals surface area (Å²) in [6, 6.07) is 27.4. The Balaban J connectivity index is 1.91. The number of nitrogens with two attached hydrogens (primary N) is 1. The molecule has 3 rings (SSSR count). The van der Waals surface area contributed by atoms with Gasteiger partial charge in [-0.2, -0.15) is 0 Å². The summed E-state index contributed by atoms with van der Waals surface area (Å²) in [5.41, 5.74) is 7.42. The highest BCUT2D eigenvalue weighted by Gasteiger charge is 2.39. The molecule has 3 aromatic carbocycles. The van der Waals surface area contributed by atoms with E-state index in [-0.39, 0.29) is 31.2 Å². The summed E-state index contributed by atoms with van der Waals surface area (Å²) in [5.74, 6) is -1.24. The molecule has 2 atom stereocenters. The molecule has 0 spiro atoms. The Bertz CT molecular complexity index is 1310. The molecule has 47 heavy (non-hydrogen) atoms. The van der Waals surface area contributed by atoms with Crippen LogP contribution in [0.4, 0.5) is 0 Å². The number of carbonyl (C=O) groups is 3. The van der Waals surface area contributed by atoms with Gasteiger partial charge < -0.3 is 30.2 Å². The minimum absolute atomic E-state index is 0.0335. The van der Waals surface area contributed by atoms with E-state index in [0.29, 0.717) is 6.42 Å². The summed E-state index contributed by atoms with van der Waals surface area (Å²) in [7, 11) is 2.93. The van der Waals surface area contributed by atoms with E-state index in [9.17, 15) is 14.4 Å². The van der Waals surface area contributed by atoms with Crippen molar-refractivity contribution in [1.29, 1.82) is 0 Å². The van der Waals surface area contributed by atoms with Crippen LogP contribution in [0.15, 0.2) is 91.0 Å². The lowest BCUT2D eigenvalue weighted by Gasteiger charge is -2.37.